The molecule has 92 valence electrons. The van der Waals surface area contributed by atoms with Gasteiger partial charge in [-0.3, -0.25) is 16.0 Å². The van der Waals surface area contributed by atoms with E-state index >= 15 is 0 Å². The van der Waals surface area contributed by atoms with Gasteiger partial charge in [0.25, 0.3) is 0 Å². The van der Waals surface area contributed by atoms with Crippen molar-refractivity contribution in [2.75, 3.05) is 5.75 Å². The Morgan fingerprint density at radius 1 is 1.56 bits per heavy atom. The van der Waals surface area contributed by atoms with Crippen molar-refractivity contribution in [3.05, 3.63) is 11.9 Å². The predicted octanol–water partition coefficient (Wildman–Crippen LogP) is 0.721. The summed E-state index contributed by atoms with van der Waals surface area (Å²) >= 11 is 1.89. The SMILES string of the molecule is Cn1cc(CC(CSC(C)(C)C)NN)nn1. The number of rotatable bonds is 5. The number of nitrogens with zero attached hydrogens (tertiary/aromatic N) is 3. The molecule has 0 saturated heterocycles. The molecule has 1 aromatic rings. The molecular formula is C10H21N5S. The number of hydrazine groups is 1. The van der Waals surface area contributed by atoms with E-state index in [1.807, 2.05) is 25.0 Å². The van der Waals surface area contributed by atoms with Crippen molar-refractivity contribution in [1.82, 2.24) is 20.4 Å². The maximum absolute atomic E-state index is 5.54. The van der Waals surface area contributed by atoms with Gasteiger partial charge in [-0.05, 0) is 0 Å². The summed E-state index contributed by atoms with van der Waals surface area (Å²) in [7, 11) is 1.87. The summed E-state index contributed by atoms with van der Waals surface area (Å²) in [4.78, 5) is 0. The summed E-state index contributed by atoms with van der Waals surface area (Å²) in [6.45, 7) is 6.61. The van der Waals surface area contributed by atoms with Crippen molar-refractivity contribution in [3.8, 4) is 0 Å². The molecule has 0 aliphatic heterocycles. The fraction of sp³-hybridized carbons (Fsp3) is 0.800. The molecule has 1 unspecified atom stereocenters. The number of nitrogens with two attached hydrogens (primary N) is 1. The minimum absolute atomic E-state index is 0.237. The summed E-state index contributed by atoms with van der Waals surface area (Å²) in [6, 6.07) is 0.237. The van der Waals surface area contributed by atoms with Crippen LogP contribution in [0.3, 0.4) is 0 Å². The molecule has 0 aliphatic carbocycles. The van der Waals surface area contributed by atoms with Gasteiger partial charge in [-0.1, -0.05) is 26.0 Å². The van der Waals surface area contributed by atoms with Gasteiger partial charge in [0.1, 0.15) is 0 Å². The van der Waals surface area contributed by atoms with Gasteiger partial charge in [0.2, 0.25) is 0 Å². The van der Waals surface area contributed by atoms with Gasteiger partial charge in [-0.15, -0.1) is 5.10 Å². The molecule has 1 atom stereocenters. The summed E-state index contributed by atoms with van der Waals surface area (Å²) in [5, 5.41) is 7.96. The third-order valence-corrected chi connectivity index (χ3v) is 3.49. The molecule has 5 nitrogen and oxygen atoms in total. The van der Waals surface area contributed by atoms with E-state index in [1.165, 1.54) is 0 Å². The van der Waals surface area contributed by atoms with Crippen LogP contribution in [0.2, 0.25) is 0 Å². The van der Waals surface area contributed by atoms with E-state index in [-0.39, 0.29) is 10.8 Å². The minimum Gasteiger partial charge on any atom is -0.271 e. The van der Waals surface area contributed by atoms with Crippen molar-refractivity contribution in [2.24, 2.45) is 12.9 Å². The van der Waals surface area contributed by atoms with E-state index in [0.29, 0.717) is 0 Å². The second-order valence-corrected chi connectivity index (χ2v) is 6.72. The van der Waals surface area contributed by atoms with Gasteiger partial charge < -0.3 is 0 Å². The Labute approximate surface area is 101 Å². The molecule has 0 spiro atoms. The first-order valence-electron chi connectivity index (χ1n) is 5.36. The van der Waals surface area contributed by atoms with Crippen molar-refractivity contribution >= 4 is 11.8 Å². The number of hydrogen-bond donors (Lipinski definition) is 2. The molecular weight excluding hydrogens is 222 g/mol. The van der Waals surface area contributed by atoms with Crippen LogP contribution < -0.4 is 11.3 Å². The van der Waals surface area contributed by atoms with Crippen molar-refractivity contribution in [3.63, 3.8) is 0 Å². The van der Waals surface area contributed by atoms with E-state index in [1.54, 1.807) is 4.68 Å². The molecule has 16 heavy (non-hydrogen) atoms. The van der Waals surface area contributed by atoms with Gasteiger partial charge in [0.05, 0.1) is 5.69 Å². The number of hydrogen-bond acceptors (Lipinski definition) is 5. The molecule has 1 rings (SSSR count). The van der Waals surface area contributed by atoms with Gasteiger partial charge in [-0.2, -0.15) is 11.8 Å². The van der Waals surface area contributed by atoms with E-state index in [2.05, 4.69) is 36.5 Å². The molecule has 0 radical (unpaired) electrons. The first-order chi connectivity index (χ1) is 7.40. The van der Waals surface area contributed by atoms with Crippen LogP contribution in [0.15, 0.2) is 6.20 Å². The van der Waals surface area contributed by atoms with E-state index in [4.69, 9.17) is 5.84 Å². The minimum atomic E-state index is 0.237. The number of nitrogens with one attached hydrogen (secondary N) is 1. The molecule has 0 bridgehead atoms. The highest BCUT2D eigenvalue weighted by molar-refractivity contribution is 8.00. The van der Waals surface area contributed by atoms with Crippen LogP contribution in [-0.4, -0.2) is 31.5 Å². The lowest BCUT2D eigenvalue weighted by Crippen LogP contribution is -2.39. The van der Waals surface area contributed by atoms with E-state index in [0.717, 1.165) is 17.9 Å². The lowest BCUT2D eigenvalue weighted by molar-refractivity contribution is 0.566. The fourth-order valence-corrected chi connectivity index (χ4v) is 2.17. The monoisotopic (exact) mass is 243 g/mol. The maximum Gasteiger partial charge on any atom is 0.0843 e. The molecule has 3 N–H and O–H groups in total. The highest BCUT2D eigenvalue weighted by Crippen LogP contribution is 2.24. The van der Waals surface area contributed by atoms with Crippen LogP contribution in [0.4, 0.5) is 0 Å². The number of aromatic nitrogens is 3. The van der Waals surface area contributed by atoms with Crippen LogP contribution in [0.1, 0.15) is 26.5 Å². The third-order valence-electron chi connectivity index (χ3n) is 2.06. The van der Waals surface area contributed by atoms with Crippen molar-refractivity contribution in [2.45, 2.75) is 38.0 Å². The Balaban J connectivity index is 2.43. The Hall–Kier alpha value is -0.590. The van der Waals surface area contributed by atoms with Gasteiger partial charge >= 0.3 is 0 Å². The van der Waals surface area contributed by atoms with Crippen molar-refractivity contribution in [1.29, 1.82) is 0 Å². The zero-order chi connectivity index (χ0) is 12.2. The van der Waals surface area contributed by atoms with E-state index < -0.39 is 0 Å². The first-order valence-corrected chi connectivity index (χ1v) is 6.34. The third kappa shape index (κ3) is 4.96. The average Bonchev–Trinajstić information content (AvgIpc) is 2.57. The molecule has 6 heteroatoms. The molecule has 0 amide bonds. The molecule has 1 heterocycles. The van der Waals surface area contributed by atoms with Crippen LogP contribution in [0.5, 0.6) is 0 Å². The summed E-state index contributed by atoms with van der Waals surface area (Å²) < 4.78 is 1.97. The van der Waals surface area contributed by atoms with E-state index in [9.17, 15) is 0 Å². The molecule has 0 saturated carbocycles. The average molecular weight is 243 g/mol. The number of thioether (sulfide) groups is 1. The zero-order valence-corrected chi connectivity index (χ0v) is 11.2. The topological polar surface area (TPSA) is 68.8 Å². The normalized spacial score (nSPS) is 14.1. The second-order valence-electron chi connectivity index (χ2n) is 4.87. The summed E-state index contributed by atoms with van der Waals surface area (Å²) in [5.41, 5.74) is 3.81. The Bertz CT molecular complexity index is 317. The van der Waals surface area contributed by atoms with Gasteiger partial charge in [0, 0.05) is 36.2 Å². The van der Waals surface area contributed by atoms with Gasteiger partial charge in [-0.25, -0.2) is 0 Å². The highest BCUT2D eigenvalue weighted by Gasteiger charge is 2.16. The summed E-state index contributed by atoms with van der Waals surface area (Å²) in [6.07, 6.45) is 2.74. The molecule has 0 aliphatic rings. The Kier molecular flexibility index (Phi) is 4.76. The predicted molar refractivity (Wildman–Crippen MR) is 68.0 cm³/mol. The van der Waals surface area contributed by atoms with Crippen molar-refractivity contribution < 1.29 is 0 Å². The van der Waals surface area contributed by atoms with Crippen LogP contribution in [0.25, 0.3) is 0 Å². The van der Waals surface area contributed by atoms with Crippen LogP contribution in [0, 0.1) is 0 Å². The molecule has 1 aromatic heterocycles. The van der Waals surface area contributed by atoms with Gasteiger partial charge in [0.15, 0.2) is 0 Å². The quantitative estimate of drug-likeness (QED) is 0.589. The Morgan fingerprint density at radius 2 is 2.25 bits per heavy atom. The number of aryl methyl sites for hydroxylation is 1. The van der Waals surface area contributed by atoms with Crippen LogP contribution in [-0.2, 0) is 13.5 Å². The maximum atomic E-state index is 5.54. The smallest absolute Gasteiger partial charge is 0.0843 e. The summed E-state index contributed by atoms with van der Waals surface area (Å²) in [5.74, 6) is 6.51. The molecule has 0 aromatic carbocycles. The fourth-order valence-electron chi connectivity index (χ4n) is 1.26. The highest BCUT2D eigenvalue weighted by atomic mass is 32.2. The largest absolute Gasteiger partial charge is 0.271 e. The lowest BCUT2D eigenvalue weighted by atomic mass is 10.2. The first kappa shape index (κ1) is 13.5. The standard InChI is InChI=1S/C10H21N5S/c1-10(2,3)16-7-9(12-11)5-8-6-15(4)14-13-8/h6,9,12H,5,7,11H2,1-4H3. The van der Waals surface area contributed by atoms with Crippen LogP contribution >= 0.6 is 11.8 Å². The second kappa shape index (κ2) is 5.65. The Morgan fingerprint density at radius 3 is 2.69 bits per heavy atom. The zero-order valence-electron chi connectivity index (χ0n) is 10.4. The lowest BCUT2D eigenvalue weighted by Gasteiger charge is -2.21. The molecule has 0 fully saturated rings.